The summed E-state index contributed by atoms with van der Waals surface area (Å²) in [4.78, 5) is -0.274. The van der Waals surface area contributed by atoms with Crippen LogP contribution < -0.4 is 4.74 Å². The van der Waals surface area contributed by atoms with Crippen molar-refractivity contribution < 1.29 is 31.4 Å². The highest BCUT2D eigenvalue weighted by Gasteiger charge is 2.35. The summed E-state index contributed by atoms with van der Waals surface area (Å²) in [5.41, 5.74) is 0.200. The van der Waals surface area contributed by atoms with E-state index in [4.69, 9.17) is 9.84 Å². The van der Waals surface area contributed by atoms with E-state index in [2.05, 4.69) is 0 Å². The van der Waals surface area contributed by atoms with Gasteiger partial charge in [0.15, 0.2) is 0 Å². The van der Waals surface area contributed by atoms with Gasteiger partial charge in [0, 0.05) is 13.7 Å². The van der Waals surface area contributed by atoms with Gasteiger partial charge in [0.1, 0.15) is 12.3 Å². The van der Waals surface area contributed by atoms with Gasteiger partial charge in [-0.05, 0) is 30.2 Å². The minimum atomic E-state index is -4.63. The molecular formula is C12H16F3NO4S. The third-order valence-electron chi connectivity index (χ3n) is 2.74. The summed E-state index contributed by atoms with van der Waals surface area (Å²) in [6.45, 7) is -1.92. The van der Waals surface area contributed by atoms with Crippen molar-refractivity contribution >= 4 is 10.0 Å². The number of hydrogen-bond acceptors (Lipinski definition) is 4. The number of aliphatic hydroxyl groups is 1. The highest BCUT2D eigenvalue weighted by Crippen LogP contribution is 2.26. The van der Waals surface area contributed by atoms with Crippen LogP contribution in [0.1, 0.15) is 5.56 Å². The summed E-state index contributed by atoms with van der Waals surface area (Å²) in [5.74, 6) is 0.357. The molecule has 9 heteroatoms. The molecule has 21 heavy (non-hydrogen) atoms. The fourth-order valence-corrected chi connectivity index (χ4v) is 3.14. The second-order valence-electron chi connectivity index (χ2n) is 4.32. The number of nitrogens with zero attached hydrogens (tertiary/aromatic N) is 1. The van der Waals surface area contributed by atoms with E-state index in [1.807, 2.05) is 0 Å². The third kappa shape index (κ3) is 4.58. The van der Waals surface area contributed by atoms with Gasteiger partial charge in [-0.15, -0.1) is 0 Å². The molecule has 120 valence electrons. The Balaban J connectivity index is 3.24. The largest absolute Gasteiger partial charge is 0.497 e. The molecule has 0 saturated heterocycles. The monoisotopic (exact) mass is 327 g/mol. The van der Waals surface area contributed by atoms with Crippen LogP contribution in [0.5, 0.6) is 5.75 Å². The maximum absolute atomic E-state index is 12.4. The lowest BCUT2D eigenvalue weighted by molar-refractivity contribution is -0.134. The molecule has 0 aliphatic heterocycles. The van der Waals surface area contributed by atoms with Gasteiger partial charge in [-0.1, -0.05) is 0 Å². The van der Waals surface area contributed by atoms with Crippen molar-refractivity contribution in [2.45, 2.75) is 17.5 Å². The average Bonchev–Trinajstić information content (AvgIpc) is 2.36. The first-order valence-electron chi connectivity index (χ1n) is 5.92. The second kappa shape index (κ2) is 6.63. The zero-order chi connectivity index (χ0) is 16.3. The minimum Gasteiger partial charge on any atom is -0.497 e. The van der Waals surface area contributed by atoms with E-state index < -0.39 is 22.7 Å². The molecule has 1 rings (SSSR count). The molecule has 0 atom stereocenters. The Hall–Kier alpha value is -1.32. The molecule has 1 aromatic carbocycles. The van der Waals surface area contributed by atoms with Gasteiger partial charge >= 0.3 is 6.18 Å². The van der Waals surface area contributed by atoms with Crippen molar-refractivity contribution in [3.63, 3.8) is 0 Å². The normalized spacial score (nSPS) is 12.7. The highest BCUT2D eigenvalue weighted by atomic mass is 32.2. The van der Waals surface area contributed by atoms with E-state index in [0.29, 0.717) is 5.75 Å². The van der Waals surface area contributed by atoms with Crippen LogP contribution >= 0.6 is 0 Å². The predicted molar refractivity (Wildman–Crippen MR) is 69.7 cm³/mol. The summed E-state index contributed by atoms with van der Waals surface area (Å²) in [7, 11) is -2.07. The van der Waals surface area contributed by atoms with Crippen molar-refractivity contribution in [1.82, 2.24) is 4.31 Å². The summed E-state index contributed by atoms with van der Waals surface area (Å²) < 4.78 is 66.6. The molecule has 0 spiro atoms. The molecule has 0 amide bonds. The van der Waals surface area contributed by atoms with E-state index >= 15 is 0 Å². The lowest BCUT2D eigenvalue weighted by Gasteiger charge is -2.20. The van der Waals surface area contributed by atoms with Crippen LogP contribution in [-0.2, 0) is 16.4 Å². The van der Waals surface area contributed by atoms with Crippen LogP contribution in [0, 0.1) is 0 Å². The lowest BCUT2D eigenvalue weighted by atomic mass is 10.1. The molecule has 0 unspecified atom stereocenters. The van der Waals surface area contributed by atoms with Gasteiger partial charge in [-0.25, -0.2) is 8.42 Å². The van der Waals surface area contributed by atoms with Crippen LogP contribution in [0.2, 0.25) is 0 Å². The van der Waals surface area contributed by atoms with E-state index in [9.17, 15) is 21.6 Å². The lowest BCUT2D eigenvalue weighted by Crippen LogP contribution is -2.36. The molecule has 1 N–H and O–H groups in total. The molecule has 0 heterocycles. The maximum atomic E-state index is 12.4. The van der Waals surface area contributed by atoms with Crippen LogP contribution in [0.15, 0.2) is 23.1 Å². The number of sulfonamides is 1. The molecule has 0 bridgehead atoms. The third-order valence-corrected chi connectivity index (χ3v) is 4.64. The molecule has 0 fully saturated rings. The van der Waals surface area contributed by atoms with Gasteiger partial charge in [0.2, 0.25) is 10.0 Å². The van der Waals surface area contributed by atoms with Gasteiger partial charge in [-0.2, -0.15) is 17.5 Å². The van der Waals surface area contributed by atoms with E-state index in [0.717, 1.165) is 7.05 Å². The Morgan fingerprint density at radius 1 is 1.33 bits per heavy atom. The first-order valence-corrected chi connectivity index (χ1v) is 7.36. The molecule has 5 nitrogen and oxygen atoms in total. The standard InChI is InChI=1S/C12H16F3NO4S/c1-16(8-12(13,14)15)21(18,19)11-4-3-10(20-2)7-9(11)5-6-17/h3-4,7,17H,5-6,8H2,1-2H3. The Labute approximate surface area is 121 Å². The number of alkyl halides is 3. The summed E-state index contributed by atoms with van der Waals surface area (Å²) in [6, 6.07) is 3.89. The zero-order valence-corrected chi connectivity index (χ0v) is 12.3. The number of benzene rings is 1. The first-order chi connectivity index (χ1) is 9.61. The van der Waals surface area contributed by atoms with Gasteiger partial charge in [-0.3, -0.25) is 0 Å². The smallest absolute Gasteiger partial charge is 0.402 e. The summed E-state index contributed by atoms with van der Waals surface area (Å²) in [6.07, 6.45) is -4.64. The van der Waals surface area contributed by atoms with E-state index in [1.54, 1.807) is 0 Å². The van der Waals surface area contributed by atoms with Crippen molar-refractivity contribution in [3.8, 4) is 5.75 Å². The van der Waals surface area contributed by atoms with Crippen molar-refractivity contribution in [3.05, 3.63) is 23.8 Å². The SMILES string of the molecule is COc1ccc(S(=O)(=O)N(C)CC(F)(F)F)c(CCO)c1. The first kappa shape index (κ1) is 17.7. The van der Waals surface area contributed by atoms with Crippen LogP contribution in [0.4, 0.5) is 13.2 Å². The van der Waals surface area contributed by atoms with E-state index in [-0.39, 0.29) is 27.8 Å². The molecule has 1 aromatic rings. The maximum Gasteiger partial charge on any atom is 0.402 e. The fraction of sp³-hybridized carbons (Fsp3) is 0.500. The minimum absolute atomic E-state index is 0.00831. The molecule has 0 saturated carbocycles. The number of methoxy groups -OCH3 is 1. The second-order valence-corrected chi connectivity index (χ2v) is 6.34. The van der Waals surface area contributed by atoms with Crippen molar-refractivity contribution in [2.24, 2.45) is 0 Å². The molecule has 0 aliphatic carbocycles. The molecule has 0 aliphatic rings. The zero-order valence-electron chi connectivity index (χ0n) is 11.5. The Morgan fingerprint density at radius 2 is 1.95 bits per heavy atom. The van der Waals surface area contributed by atoms with Crippen molar-refractivity contribution in [2.75, 3.05) is 27.3 Å². The highest BCUT2D eigenvalue weighted by molar-refractivity contribution is 7.89. The quantitative estimate of drug-likeness (QED) is 0.858. The predicted octanol–water partition coefficient (Wildman–Crippen LogP) is 1.41. The number of halogens is 3. The summed E-state index contributed by atoms with van der Waals surface area (Å²) >= 11 is 0. The molecular weight excluding hydrogens is 311 g/mol. The van der Waals surface area contributed by atoms with Crippen molar-refractivity contribution in [1.29, 1.82) is 0 Å². The molecule has 0 aromatic heterocycles. The number of hydrogen-bond donors (Lipinski definition) is 1. The topological polar surface area (TPSA) is 66.8 Å². The average molecular weight is 327 g/mol. The van der Waals surface area contributed by atoms with Crippen LogP contribution in [0.25, 0.3) is 0 Å². The number of ether oxygens (including phenoxy) is 1. The summed E-state index contributed by atoms with van der Waals surface area (Å²) in [5, 5.41) is 8.97. The Kier molecular flexibility index (Phi) is 5.60. The van der Waals surface area contributed by atoms with E-state index in [1.165, 1.54) is 25.3 Å². The Bertz CT molecular complexity index is 587. The van der Waals surface area contributed by atoms with Crippen LogP contribution in [-0.4, -0.2) is 51.3 Å². The van der Waals surface area contributed by atoms with Crippen LogP contribution in [0.3, 0.4) is 0 Å². The molecule has 0 radical (unpaired) electrons. The Morgan fingerprint density at radius 3 is 2.43 bits per heavy atom. The van der Waals surface area contributed by atoms with Gasteiger partial charge in [0.05, 0.1) is 12.0 Å². The number of aliphatic hydroxyl groups excluding tert-OH is 1. The van der Waals surface area contributed by atoms with Gasteiger partial charge < -0.3 is 9.84 Å². The van der Waals surface area contributed by atoms with Gasteiger partial charge in [0.25, 0.3) is 0 Å². The number of rotatable bonds is 6. The fourth-order valence-electron chi connectivity index (χ4n) is 1.76.